The van der Waals surface area contributed by atoms with Crippen LogP contribution in [0.25, 0.3) is 0 Å². The minimum atomic E-state index is -1.15. The quantitative estimate of drug-likeness (QED) is 0.690. The molecule has 1 aromatic rings. The molecule has 0 spiro atoms. The molecule has 0 bridgehead atoms. The monoisotopic (exact) mass is 211 g/mol. The van der Waals surface area contributed by atoms with Gasteiger partial charge >= 0.3 is 0 Å². The minimum Gasteiger partial charge on any atom is -0.372 e. The molecule has 2 atom stereocenters. The summed E-state index contributed by atoms with van der Waals surface area (Å²) in [5, 5.41) is 13.3. The Morgan fingerprint density at radius 3 is 3.00 bits per heavy atom. The molecule has 0 amide bonds. The van der Waals surface area contributed by atoms with Gasteiger partial charge in [-0.1, -0.05) is 17.7 Å². The highest BCUT2D eigenvalue weighted by Gasteiger charge is 2.37. The summed E-state index contributed by atoms with van der Waals surface area (Å²) in [5.74, 6) is 0. The van der Waals surface area contributed by atoms with E-state index in [-0.39, 0.29) is 0 Å². The number of nitrogens with one attached hydrogen (secondary N) is 1. The molecular weight excluding hydrogens is 202 g/mol. The molecule has 2 N–H and O–H groups in total. The highest BCUT2D eigenvalue weighted by molar-refractivity contribution is 6.30. The summed E-state index contributed by atoms with van der Waals surface area (Å²) in [6.07, 6.45) is 0.761. The second-order valence-electron chi connectivity index (χ2n) is 3.56. The van der Waals surface area contributed by atoms with E-state index >= 15 is 0 Å². The van der Waals surface area contributed by atoms with Crippen LogP contribution in [0.1, 0.15) is 24.1 Å². The summed E-state index contributed by atoms with van der Waals surface area (Å²) in [7, 11) is 0. The number of fused-ring (bicyclic) bond motifs is 1. The zero-order chi connectivity index (χ0) is 10.3. The Balaban J connectivity index is 2.59. The predicted octanol–water partition coefficient (Wildman–Crippen LogP) is 1.35. The minimum absolute atomic E-state index is 0.473. The summed E-state index contributed by atoms with van der Waals surface area (Å²) in [6, 6.07) is 4.65. The van der Waals surface area contributed by atoms with Gasteiger partial charge in [-0.3, -0.25) is 5.32 Å². The lowest BCUT2D eigenvalue weighted by molar-refractivity contribution is -0.111. The van der Waals surface area contributed by atoms with E-state index in [4.69, 9.17) is 11.6 Å². The van der Waals surface area contributed by atoms with E-state index in [9.17, 15) is 9.90 Å². The van der Waals surface area contributed by atoms with E-state index in [1.54, 1.807) is 25.1 Å². The summed E-state index contributed by atoms with van der Waals surface area (Å²) in [4.78, 5) is 10.8. The van der Waals surface area contributed by atoms with Crippen LogP contribution in [0.5, 0.6) is 0 Å². The van der Waals surface area contributed by atoms with Gasteiger partial charge < -0.3 is 9.90 Å². The van der Waals surface area contributed by atoms with Crippen molar-refractivity contribution in [3.63, 3.8) is 0 Å². The average molecular weight is 212 g/mol. The molecule has 2 unspecified atom stereocenters. The molecule has 0 fully saturated rings. The second kappa shape index (κ2) is 3.05. The maximum absolute atomic E-state index is 10.8. The van der Waals surface area contributed by atoms with Crippen LogP contribution in [0.4, 0.5) is 0 Å². The van der Waals surface area contributed by atoms with Crippen LogP contribution in [0.3, 0.4) is 0 Å². The van der Waals surface area contributed by atoms with Crippen molar-refractivity contribution >= 4 is 17.9 Å². The van der Waals surface area contributed by atoms with Gasteiger partial charge in [-0.05, 0) is 24.6 Å². The Bertz CT molecular complexity index is 390. The normalized spacial score (nSPS) is 30.1. The fraction of sp³-hybridized carbons (Fsp3) is 0.300. The number of hydrogen-bond acceptors (Lipinski definition) is 3. The van der Waals surface area contributed by atoms with Crippen molar-refractivity contribution in [2.75, 3.05) is 0 Å². The molecular formula is C10H10ClNO2. The van der Waals surface area contributed by atoms with E-state index in [1.165, 1.54) is 0 Å². The van der Waals surface area contributed by atoms with Gasteiger partial charge in [-0.15, -0.1) is 0 Å². The van der Waals surface area contributed by atoms with Gasteiger partial charge in [-0.25, -0.2) is 0 Å². The van der Waals surface area contributed by atoms with Crippen LogP contribution in [0, 0.1) is 0 Å². The summed E-state index contributed by atoms with van der Waals surface area (Å²) in [5.41, 5.74) is 0.308. The average Bonchev–Trinajstić information content (AvgIpc) is 2.37. The number of hydrogen-bond donors (Lipinski definition) is 2. The third-order valence-electron chi connectivity index (χ3n) is 2.45. The van der Waals surface area contributed by atoms with Gasteiger partial charge in [0.05, 0.1) is 6.04 Å². The van der Waals surface area contributed by atoms with Gasteiger partial charge in [-0.2, -0.15) is 0 Å². The maximum Gasteiger partial charge on any atom is 0.141 e. The number of aliphatic hydroxyl groups is 1. The van der Waals surface area contributed by atoms with Gasteiger partial charge in [0.25, 0.3) is 0 Å². The third-order valence-corrected chi connectivity index (χ3v) is 2.68. The molecule has 1 aromatic carbocycles. The van der Waals surface area contributed by atoms with Crippen LogP contribution in [-0.4, -0.2) is 11.4 Å². The first-order valence-electron chi connectivity index (χ1n) is 4.30. The lowest BCUT2D eigenvalue weighted by Gasteiger charge is -2.18. The topological polar surface area (TPSA) is 49.3 Å². The standard InChI is InChI=1S/C10H10ClNO2/c1-10(14)8-3-2-6(11)4-7(8)9(5-13)12-10/h2-5,9,12,14H,1H3. The second-order valence-corrected chi connectivity index (χ2v) is 4.00. The van der Waals surface area contributed by atoms with Crippen molar-refractivity contribution in [3.8, 4) is 0 Å². The molecule has 0 saturated heterocycles. The van der Waals surface area contributed by atoms with Crippen molar-refractivity contribution in [2.24, 2.45) is 0 Å². The van der Waals surface area contributed by atoms with Crippen LogP contribution in [-0.2, 0) is 10.5 Å². The highest BCUT2D eigenvalue weighted by atomic mass is 35.5. The Labute approximate surface area is 86.7 Å². The van der Waals surface area contributed by atoms with Crippen LogP contribution < -0.4 is 5.32 Å². The lowest BCUT2D eigenvalue weighted by Crippen LogP contribution is -2.34. The number of carbonyl (C=O) groups excluding carboxylic acids is 1. The van der Waals surface area contributed by atoms with E-state index in [0.717, 1.165) is 11.8 Å². The van der Waals surface area contributed by atoms with Crippen molar-refractivity contribution in [1.29, 1.82) is 0 Å². The van der Waals surface area contributed by atoms with E-state index in [0.29, 0.717) is 10.6 Å². The smallest absolute Gasteiger partial charge is 0.141 e. The zero-order valence-corrected chi connectivity index (χ0v) is 8.38. The Morgan fingerprint density at radius 1 is 1.64 bits per heavy atom. The van der Waals surface area contributed by atoms with Gasteiger partial charge in [0.15, 0.2) is 0 Å². The fourth-order valence-corrected chi connectivity index (χ4v) is 1.98. The number of rotatable bonds is 1. The first kappa shape index (κ1) is 9.65. The van der Waals surface area contributed by atoms with Crippen LogP contribution >= 0.6 is 11.6 Å². The number of aldehydes is 1. The Morgan fingerprint density at radius 2 is 2.36 bits per heavy atom. The first-order valence-corrected chi connectivity index (χ1v) is 4.67. The Hall–Kier alpha value is -0.900. The molecule has 4 heteroatoms. The molecule has 1 aliphatic rings. The van der Waals surface area contributed by atoms with Gasteiger partial charge in [0.1, 0.15) is 12.0 Å². The molecule has 14 heavy (non-hydrogen) atoms. The molecule has 0 aromatic heterocycles. The maximum atomic E-state index is 10.8. The molecule has 0 radical (unpaired) electrons. The summed E-state index contributed by atoms with van der Waals surface area (Å²) >= 11 is 5.81. The summed E-state index contributed by atoms with van der Waals surface area (Å²) in [6.45, 7) is 1.61. The van der Waals surface area contributed by atoms with Crippen molar-refractivity contribution in [1.82, 2.24) is 5.32 Å². The SMILES string of the molecule is CC1(O)NC(C=O)c2cc(Cl)ccc21. The van der Waals surface area contributed by atoms with Crippen molar-refractivity contribution < 1.29 is 9.90 Å². The van der Waals surface area contributed by atoms with E-state index < -0.39 is 11.8 Å². The third kappa shape index (κ3) is 1.34. The molecule has 0 aliphatic carbocycles. The van der Waals surface area contributed by atoms with E-state index in [1.807, 2.05) is 0 Å². The highest BCUT2D eigenvalue weighted by Crippen LogP contribution is 2.35. The molecule has 1 aliphatic heterocycles. The predicted molar refractivity (Wildman–Crippen MR) is 53.0 cm³/mol. The van der Waals surface area contributed by atoms with Gasteiger partial charge in [0.2, 0.25) is 0 Å². The zero-order valence-electron chi connectivity index (χ0n) is 7.62. The van der Waals surface area contributed by atoms with E-state index in [2.05, 4.69) is 5.32 Å². The first-order chi connectivity index (χ1) is 6.54. The molecule has 3 nitrogen and oxygen atoms in total. The van der Waals surface area contributed by atoms with Crippen molar-refractivity contribution in [3.05, 3.63) is 34.3 Å². The largest absolute Gasteiger partial charge is 0.372 e. The lowest BCUT2D eigenvalue weighted by atomic mass is 10.0. The van der Waals surface area contributed by atoms with Crippen LogP contribution in [0.2, 0.25) is 5.02 Å². The molecule has 74 valence electrons. The molecule has 0 saturated carbocycles. The van der Waals surface area contributed by atoms with Gasteiger partial charge in [0, 0.05) is 10.6 Å². The number of halogens is 1. The van der Waals surface area contributed by atoms with Crippen molar-refractivity contribution in [2.45, 2.75) is 18.7 Å². The fourth-order valence-electron chi connectivity index (χ4n) is 1.80. The number of carbonyl (C=O) groups is 1. The number of benzene rings is 1. The molecule has 2 rings (SSSR count). The Kier molecular flexibility index (Phi) is 2.10. The van der Waals surface area contributed by atoms with Crippen LogP contribution in [0.15, 0.2) is 18.2 Å². The molecule has 1 heterocycles. The summed E-state index contributed by atoms with van der Waals surface area (Å²) < 4.78 is 0.